The molecule has 25 heavy (non-hydrogen) atoms. The lowest BCUT2D eigenvalue weighted by atomic mass is 10.1. The van der Waals surface area contributed by atoms with E-state index in [0.29, 0.717) is 24.0 Å². The predicted molar refractivity (Wildman–Crippen MR) is 105 cm³/mol. The van der Waals surface area contributed by atoms with Crippen molar-refractivity contribution in [3.8, 4) is 0 Å². The van der Waals surface area contributed by atoms with E-state index in [9.17, 15) is 4.79 Å². The van der Waals surface area contributed by atoms with Crippen molar-refractivity contribution in [1.29, 1.82) is 0 Å². The molecule has 2 heterocycles. The summed E-state index contributed by atoms with van der Waals surface area (Å²) in [7, 11) is 0. The molecule has 130 valence electrons. The first-order valence-corrected chi connectivity index (χ1v) is 10.4. The molecule has 2 N–H and O–H groups in total. The molecule has 2 aromatic heterocycles. The Hall–Kier alpha value is -1.90. The fourth-order valence-electron chi connectivity index (χ4n) is 2.28. The van der Waals surface area contributed by atoms with Crippen molar-refractivity contribution >= 4 is 45.5 Å². The smallest absolute Gasteiger partial charge is 0.233 e. The minimum Gasteiger partial charge on any atom is -0.374 e. The molecule has 0 aliphatic rings. The SMILES string of the molecule is Nc1nnc(SCC(=O)N(CCc2ccccc2)Cc2cccs2)s1. The fourth-order valence-corrected chi connectivity index (χ4v) is 4.54. The zero-order valence-corrected chi connectivity index (χ0v) is 15.9. The number of nitrogen functional groups attached to an aromatic ring is 1. The molecule has 0 aliphatic carbocycles. The number of amides is 1. The molecule has 0 fully saturated rings. The first-order valence-electron chi connectivity index (χ1n) is 7.76. The molecule has 3 aromatic rings. The number of thiophene rings is 1. The van der Waals surface area contributed by atoms with Gasteiger partial charge in [0.1, 0.15) is 0 Å². The molecule has 0 saturated carbocycles. The Labute approximate surface area is 158 Å². The first kappa shape index (κ1) is 17.9. The predicted octanol–water partition coefficient (Wildman–Crippen LogP) is 3.55. The molecule has 0 aliphatic heterocycles. The number of benzene rings is 1. The number of hydrogen-bond acceptors (Lipinski definition) is 7. The van der Waals surface area contributed by atoms with Crippen LogP contribution >= 0.6 is 34.4 Å². The van der Waals surface area contributed by atoms with Gasteiger partial charge >= 0.3 is 0 Å². The summed E-state index contributed by atoms with van der Waals surface area (Å²) in [6, 6.07) is 14.3. The van der Waals surface area contributed by atoms with Gasteiger partial charge in [0, 0.05) is 11.4 Å². The maximum absolute atomic E-state index is 12.7. The lowest BCUT2D eigenvalue weighted by Crippen LogP contribution is -2.33. The monoisotopic (exact) mass is 390 g/mol. The highest BCUT2D eigenvalue weighted by Crippen LogP contribution is 2.24. The quantitative estimate of drug-likeness (QED) is 0.596. The molecular formula is C17H18N4OS3. The van der Waals surface area contributed by atoms with E-state index in [1.165, 1.54) is 33.5 Å². The summed E-state index contributed by atoms with van der Waals surface area (Å²) in [4.78, 5) is 15.8. The third kappa shape index (κ3) is 5.55. The first-order chi connectivity index (χ1) is 12.2. The second-order valence-electron chi connectivity index (χ2n) is 5.33. The van der Waals surface area contributed by atoms with Crippen LogP contribution in [0.2, 0.25) is 0 Å². The second kappa shape index (κ2) is 8.98. The van der Waals surface area contributed by atoms with Crippen LogP contribution in [0.3, 0.4) is 0 Å². The van der Waals surface area contributed by atoms with Gasteiger partial charge in [-0.3, -0.25) is 4.79 Å². The van der Waals surface area contributed by atoms with Gasteiger partial charge in [-0.2, -0.15) is 0 Å². The molecule has 0 saturated heterocycles. The summed E-state index contributed by atoms with van der Waals surface area (Å²) in [6.07, 6.45) is 0.842. The van der Waals surface area contributed by atoms with Crippen LogP contribution in [0.25, 0.3) is 0 Å². The highest BCUT2D eigenvalue weighted by atomic mass is 32.2. The van der Waals surface area contributed by atoms with Gasteiger partial charge in [0.25, 0.3) is 0 Å². The number of carbonyl (C=O) groups excluding carboxylic acids is 1. The van der Waals surface area contributed by atoms with Crippen LogP contribution in [-0.4, -0.2) is 33.3 Å². The Balaban J connectivity index is 1.61. The summed E-state index contributed by atoms with van der Waals surface area (Å²) < 4.78 is 0.727. The Morgan fingerprint density at radius 1 is 1.16 bits per heavy atom. The number of nitrogens with two attached hydrogens (primary N) is 1. The normalized spacial score (nSPS) is 10.7. The topological polar surface area (TPSA) is 72.1 Å². The molecule has 1 amide bonds. The third-order valence-corrected chi connectivity index (χ3v) is 6.27. The molecule has 8 heteroatoms. The standard InChI is InChI=1S/C17H18N4OS3/c18-16-19-20-17(25-16)24-12-15(22)21(11-14-7-4-10-23-14)9-8-13-5-2-1-3-6-13/h1-7,10H,8-9,11-12H2,(H2,18,19). The van der Waals surface area contributed by atoms with Crippen molar-refractivity contribution in [2.75, 3.05) is 18.0 Å². The molecule has 5 nitrogen and oxygen atoms in total. The molecule has 0 unspecified atom stereocenters. The summed E-state index contributed by atoms with van der Waals surface area (Å²) in [5, 5.41) is 10.2. The Morgan fingerprint density at radius 3 is 2.68 bits per heavy atom. The minimum absolute atomic E-state index is 0.100. The van der Waals surface area contributed by atoms with Crippen molar-refractivity contribution in [3.05, 3.63) is 58.3 Å². The fraction of sp³-hybridized carbons (Fsp3) is 0.235. The van der Waals surface area contributed by atoms with Gasteiger partial charge in [0.2, 0.25) is 11.0 Å². The summed E-state index contributed by atoms with van der Waals surface area (Å²) in [6.45, 7) is 1.34. The lowest BCUT2D eigenvalue weighted by Gasteiger charge is -2.22. The van der Waals surface area contributed by atoms with Gasteiger partial charge in [0.05, 0.1) is 12.3 Å². The molecule has 0 spiro atoms. The van der Waals surface area contributed by atoms with Crippen LogP contribution in [-0.2, 0) is 17.8 Å². The molecule has 1 aromatic carbocycles. The largest absolute Gasteiger partial charge is 0.374 e. The number of anilines is 1. The average Bonchev–Trinajstić information content (AvgIpc) is 3.29. The third-order valence-electron chi connectivity index (χ3n) is 3.53. The van der Waals surface area contributed by atoms with Crippen LogP contribution in [0.15, 0.2) is 52.2 Å². The van der Waals surface area contributed by atoms with Crippen molar-refractivity contribution in [3.63, 3.8) is 0 Å². The van der Waals surface area contributed by atoms with Crippen LogP contribution < -0.4 is 5.73 Å². The molecule has 3 rings (SSSR count). The number of nitrogens with zero attached hydrogens (tertiary/aromatic N) is 3. The van der Waals surface area contributed by atoms with Crippen LogP contribution in [0.5, 0.6) is 0 Å². The summed E-state index contributed by atoms with van der Waals surface area (Å²) >= 11 is 4.37. The summed E-state index contributed by atoms with van der Waals surface area (Å²) in [5.41, 5.74) is 6.82. The number of rotatable bonds is 8. The maximum Gasteiger partial charge on any atom is 0.233 e. The van der Waals surface area contributed by atoms with E-state index in [1.54, 1.807) is 11.3 Å². The zero-order chi connectivity index (χ0) is 17.5. The molecule has 0 atom stereocenters. The van der Waals surface area contributed by atoms with Gasteiger partial charge in [-0.05, 0) is 23.4 Å². The Bertz CT molecular complexity index is 789. The van der Waals surface area contributed by atoms with Gasteiger partial charge in [-0.15, -0.1) is 21.5 Å². The number of thioether (sulfide) groups is 1. The van der Waals surface area contributed by atoms with E-state index < -0.39 is 0 Å². The van der Waals surface area contributed by atoms with Gasteiger partial charge in [0.15, 0.2) is 4.34 Å². The Morgan fingerprint density at radius 2 is 2.00 bits per heavy atom. The van der Waals surface area contributed by atoms with E-state index in [4.69, 9.17) is 5.73 Å². The highest BCUT2D eigenvalue weighted by Gasteiger charge is 2.16. The van der Waals surface area contributed by atoms with Crippen LogP contribution in [0, 0.1) is 0 Å². The molecular weight excluding hydrogens is 372 g/mol. The minimum atomic E-state index is 0.100. The molecule has 0 bridgehead atoms. The van der Waals surface area contributed by atoms with E-state index in [0.717, 1.165) is 10.8 Å². The zero-order valence-electron chi connectivity index (χ0n) is 13.5. The molecule has 0 radical (unpaired) electrons. The number of aromatic nitrogens is 2. The highest BCUT2D eigenvalue weighted by molar-refractivity contribution is 8.01. The van der Waals surface area contributed by atoms with Gasteiger partial charge in [-0.25, -0.2) is 0 Å². The van der Waals surface area contributed by atoms with Crippen LogP contribution in [0.4, 0.5) is 5.13 Å². The van der Waals surface area contributed by atoms with Crippen molar-refractivity contribution in [2.24, 2.45) is 0 Å². The van der Waals surface area contributed by atoms with E-state index in [2.05, 4.69) is 28.4 Å². The van der Waals surface area contributed by atoms with Gasteiger partial charge in [-0.1, -0.05) is 59.5 Å². The van der Waals surface area contributed by atoms with Crippen LogP contribution in [0.1, 0.15) is 10.4 Å². The number of carbonyl (C=O) groups is 1. The Kier molecular flexibility index (Phi) is 6.43. The second-order valence-corrected chi connectivity index (χ2v) is 8.59. The van der Waals surface area contributed by atoms with E-state index >= 15 is 0 Å². The van der Waals surface area contributed by atoms with E-state index in [1.807, 2.05) is 34.5 Å². The number of hydrogen-bond donors (Lipinski definition) is 1. The van der Waals surface area contributed by atoms with Gasteiger partial charge < -0.3 is 10.6 Å². The van der Waals surface area contributed by atoms with E-state index in [-0.39, 0.29) is 5.91 Å². The average molecular weight is 391 g/mol. The van der Waals surface area contributed by atoms with Crippen molar-refractivity contribution < 1.29 is 4.79 Å². The lowest BCUT2D eigenvalue weighted by molar-refractivity contribution is -0.128. The maximum atomic E-state index is 12.7. The summed E-state index contributed by atoms with van der Waals surface area (Å²) in [5.74, 6) is 0.442. The van der Waals surface area contributed by atoms with Crippen molar-refractivity contribution in [1.82, 2.24) is 15.1 Å². The van der Waals surface area contributed by atoms with Crippen molar-refractivity contribution in [2.45, 2.75) is 17.3 Å².